The van der Waals surface area contributed by atoms with Crippen molar-refractivity contribution in [3.05, 3.63) is 42.3 Å². The van der Waals surface area contributed by atoms with Gasteiger partial charge in [-0.05, 0) is 6.29 Å². The van der Waals surface area contributed by atoms with Gasteiger partial charge in [-0.3, -0.25) is 0 Å². The smallest absolute Gasteiger partial charge is 0.338 e. The molecule has 2 heteroatoms. The van der Waals surface area contributed by atoms with Gasteiger partial charge in [-0.15, -0.1) is 5.41 Å². The maximum Gasteiger partial charge on any atom is 1.00 e. The molecule has 1 aromatic carbocycles. The van der Waals surface area contributed by atoms with Crippen LogP contribution in [0.4, 0.5) is 0 Å². The largest absolute Gasteiger partial charge is 1.00 e. The van der Waals surface area contributed by atoms with Crippen molar-refractivity contribution in [1.29, 1.82) is 0 Å². The van der Waals surface area contributed by atoms with Crippen LogP contribution >= 0.6 is 0 Å². The third-order valence-corrected chi connectivity index (χ3v) is 2.52. The van der Waals surface area contributed by atoms with Gasteiger partial charge in [0, 0.05) is 0 Å². The zero-order valence-corrected chi connectivity index (χ0v) is 11.0. The van der Waals surface area contributed by atoms with Crippen LogP contribution in [0.1, 0.15) is 18.4 Å². The van der Waals surface area contributed by atoms with Crippen molar-refractivity contribution in [3.63, 3.8) is 0 Å². The predicted molar refractivity (Wildman–Crippen MR) is 47.7 cm³/mol. The van der Waals surface area contributed by atoms with E-state index in [2.05, 4.69) is 12.1 Å². The van der Waals surface area contributed by atoms with E-state index in [9.17, 15) is 4.79 Å². The number of hydrogen-bond acceptors (Lipinski definition) is 1. The molecule has 0 radical (unpaired) electrons. The van der Waals surface area contributed by atoms with E-state index in [-0.39, 0.29) is 56.8 Å². The maximum absolute atomic E-state index is 10.4. The molecule has 1 aromatic rings. The molecule has 1 aliphatic rings. The van der Waals surface area contributed by atoms with Crippen LogP contribution in [0.3, 0.4) is 0 Å². The summed E-state index contributed by atoms with van der Waals surface area (Å²) in [4.78, 5) is 10.4. The van der Waals surface area contributed by atoms with Crippen LogP contribution in [0.2, 0.25) is 0 Å². The summed E-state index contributed by atoms with van der Waals surface area (Å²) in [6.07, 6.45) is 4.94. The van der Waals surface area contributed by atoms with Crippen molar-refractivity contribution in [2.45, 2.75) is 18.3 Å². The molecule has 0 heterocycles. The number of carbonyl (C=O) groups is 1. The Kier molecular flexibility index (Phi) is 4.20. The van der Waals surface area contributed by atoms with Gasteiger partial charge >= 0.3 is 51.4 Å². The molecule has 0 bridgehead atoms. The van der Waals surface area contributed by atoms with Gasteiger partial charge in [-0.1, -0.05) is 48.7 Å². The predicted octanol–water partition coefficient (Wildman–Crippen LogP) is -0.875. The second-order valence-electron chi connectivity index (χ2n) is 3.32. The van der Waals surface area contributed by atoms with Crippen molar-refractivity contribution in [2.75, 3.05) is 0 Å². The topological polar surface area (TPSA) is 17.1 Å². The minimum Gasteiger partial charge on any atom is -0.338 e. The average Bonchev–Trinajstić information content (AvgIpc) is 2.88. The van der Waals surface area contributed by atoms with E-state index in [1.54, 1.807) is 6.42 Å². The first kappa shape index (κ1) is 11.5. The number of hydrogen-bond donors (Lipinski definition) is 0. The quantitative estimate of drug-likeness (QED) is 0.350. The van der Waals surface area contributed by atoms with Crippen molar-refractivity contribution >= 4 is 6.29 Å². The molecule has 0 amide bonds. The van der Waals surface area contributed by atoms with Gasteiger partial charge in [0.1, 0.15) is 0 Å². The molecule has 0 aliphatic heterocycles. The second kappa shape index (κ2) is 4.76. The fraction of sp³-hybridized carbons (Fsp3) is 0.273. The molecular weight excluding hydrogens is 187 g/mol. The standard InChI is InChI=1S/C11H11O.K/c12-9-8-11(6-7-11)10-4-2-1-3-5-10;/h1-5,8-9H,6-7H2;/q-1;+1. The number of benzene rings is 1. The van der Waals surface area contributed by atoms with Crippen molar-refractivity contribution in [2.24, 2.45) is 0 Å². The van der Waals surface area contributed by atoms with Gasteiger partial charge in [-0.2, -0.15) is 0 Å². The Labute approximate surface area is 121 Å². The summed E-state index contributed by atoms with van der Waals surface area (Å²) in [5, 5.41) is 0. The molecule has 0 atom stereocenters. The van der Waals surface area contributed by atoms with Crippen LogP contribution in [0.5, 0.6) is 0 Å². The second-order valence-corrected chi connectivity index (χ2v) is 3.32. The Balaban J connectivity index is 0.000000845. The fourth-order valence-electron chi connectivity index (χ4n) is 1.59. The number of carbonyl (C=O) groups excluding carboxylic acids is 1. The Morgan fingerprint density at radius 1 is 1.23 bits per heavy atom. The summed E-state index contributed by atoms with van der Waals surface area (Å²) < 4.78 is 0. The SMILES string of the molecule is O=C[CH-]C1(c2ccccc2)CC1.[K+]. The van der Waals surface area contributed by atoms with E-state index in [0.717, 1.165) is 19.1 Å². The van der Waals surface area contributed by atoms with Crippen LogP contribution in [0.25, 0.3) is 0 Å². The van der Waals surface area contributed by atoms with E-state index in [4.69, 9.17) is 0 Å². The molecule has 1 fully saturated rings. The molecule has 0 unspecified atom stereocenters. The van der Waals surface area contributed by atoms with Crippen molar-refractivity contribution in [1.82, 2.24) is 0 Å². The summed E-state index contributed by atoms with van der Waals surface area (Å²) in [5.41, 5.74) is 1.38. The van der Waals surface area contributed by atoms with Gasteiger partial charge in [-0.25, -0.2) is 0 Å². The first-order valence-corrected chi connectivity index (χ1v) is 4.23. The normalized spacial score (nSPS) is 16.9. The maximum atomic E-state index is 10.4. The Bertz CT molecular complexity index is 277. The van der Waals surface area contributed by atoms with Crippen LogP contribution in [0.15, 0.2) is 30.3 Å². The van der Waals surface area contributed by atoms with Gasteiger partial charge in [0.15, 0.2) is 0 Å². The zero-order chi connectivity index (χ0) is 8.44. The summed E-state index contributed by atoms with van der Waals surface area (Å²) in [6, 6.07) is 10.2. The van der Waals surface area contributed by atoms with Crippen LogP contribution < -0.4 is 51.4 Å². The summed E-state index contributed by atoms with van der Waals surface area (Å²) in [7, 11) is 0. The number of rotatable bonds is 3. The van der Waals surface area contributed by atoms with Gasteiger partial charge in [0.25, 0.3) is 0 Å². The number of aldehydes is 1. The van der Waals surface area contributed by atoms with E-state index >= 15 is 0 Å². The first-order chi connectivity index (χ1) is 5.87. The van der Waals surface area contributed by atoms with Crippen LogP contribution in [-0.2, 0) is 10.2 Å². The monoisotopic (exact) mass is 198 g/mol. The zero-order valence-electron chi connectivity index (χ0n) is 7.86. The van der Waals surface area contributed by atoms with Gasteiger partial charge in [0.2, 0.25) is 0 Å². The third-order valence-electron chi connectivity index (χ3n) is 2.52. The van der Waals surface area contributed by atoms with Gasteiger partial charge < -0.3 is 11.2 Å². The Hall–Kier alpha value is 0.396. The molecule has 0 saturated heterocycles. The van der Waals surface area contributed by atoms with Crippen molar-refractivity contribution < 1.29 is 56.2 Å². The minimum atomic E-state index is 0. The molecule has 0 spiro atoms. The molecule has 2 rings (SSSR count). The Morgan fingerprint density at radius 3 is 2.31 bits per heavy atom. The molecule has 0 N–H and O–H groups in total. The molecule has 0 aromatic heterocycles. The van der Waals surface area contributed by atoms with Crippen LogP contribution in [0, 0.1) is 6.42 Å². The molecular formula is C11H11KO. The summed E-state index contributed by atoms with van der Waals surface area (Å²) in [6.45, 7) is 0. The molecule has 1 aliphatic carbocycles. The first-order valence-electron chi connectivity index (χ1n) is 4.23. The molecule has 13 heavy (non-hydrogen) atoms. The molecule has 1 saturated carbocycles. The van der Waals surface area contributed by atoms with Gasteiger partial charge in [0.05, 0.1) is 0 Å². The van der Waals surface area contributed by atoms with E-state index in [1.807, 2.05) is 18.2 Å². The minimum absolute atomic E-state index is 0. The van der Waals surface area contributed by atoms with Crippen LogP contribution in [-0.4, -0.2) is 6.29 Å². The van der Waals surface area contributed by atoms with E-state index in [1.165, 1.54) is 5.56 Å². The average molecular weight is 198 g/mol. The molecule has 62 valence electrons. The molecule has 1 nitrogen and oxygen atoms in total. The van der Waals surface area contributed by atoms with E-state index < -0.39 is 0 Å². The third kappa shape index (κ3) is 2.45. The fourth-order valence-corrected chi connectivity index (χ4v) is 1.59. The summed E-state index contributed by atoms with van der Waals surface area (Å²) >= 11 is 0. The van der Waals surface area contributed by atoms with E-state index in [0.29, 0.717) is 0 Å². The van der Waals surface area contributed by atoms with Crippen molar-refractivity contribution in [3.8, 4) is 0 Å². The summed E-state index contributed by atoms with van der Waals surface area (Å²) in [5.74, 6) is 0. The Morgan fingerprint density at radius 2 is 1.85 bits per heavy atom.